The molecule has 2 N–H and O–H groups in total. The van der Waals surface area contributed by atoms with Gasteiger partial charge in [0.2, 0.25) is 0 Å². The Kier molecular flexibility index (Phi) is 5.91. The summed E-state index contributed by atoms with van der Waals surface area (Å²) in [6.07, 6.45) is 2.40. The van der Waals surface area contributed by atoms with Crippen molar-refractivity contribution in [3.63, 3.8) is 0 Å². The van der Waals surface area contributed by atoms with E-state index in [2.05, 4.69) is 11.8 Å². The lowest BCUT2D eigenvalue weighted by molar-refractivity contribution is 0.151. The van der Waals surface area contributed by atoms with Gasteiger partial charge in [-0.3, -0.25) is 4.90 Å². The topological polar surface area (TPSA) is 57.0 Å². The van der Waals surface area contributed by atoms with Crippen molar-refractivity contribution in [2.24, 2.45) is 11.7 Å². The molecule has 0 aliphatic carbocycles. The van der Waals surface area contributed by atoms with Crippen LogP contribution >= 0.6 is 0 Å². The van der Waals surface area contributed by atoms with Gasteiger partial charge in [0.05, 0.1) is 26.9 Å². The molecule has 1 saturated heterocycles. The van der Waals surface area contributed by atoms with Crippen LogP contribution in [0.15, 0.2) is 12.1 Å². The van der Waals surface area contributed by atoms with Gasteiger partial charge in [-0.05, 0) is 32.2 Å². The van der Waals surface area contributed by atoms with Crippen LogP contribution in [0.5, 0.6) is 17.2 Å². The van der Waals surface area contributed by atoms with E-state index in [0.29, 0.717) is 5.92 Å². The third-order valence-electron chi connectivity index (χ3n) is 4.48. The number of nitrogens with zero attached hydrogens (tertiary/aromatic N) is 1. The van der Waals surface area contributed by atoms with Crippen molar-refractivity contribution in [1.82, 2.24) is 4.90 Å². The quantitative estimate of drug-likeness (QED) is 0.873. The van der Waals surface area contributed by atoms with Crippen molar-refractivity contribution >= 4 is 0 Å². The predicted molar refractivity (Wildman–Crippen MR) is 87.7 cm³/mol. The Labute approximate surface area is 133 Å². The minimum atomic E-state index is 0.238. The third-order valence-corrected chi connectivity index (χ3v) is 4.48. The molecule has 1 aliphatic rings. The molecule has 2 atom stereocenters. The lowest BCUT2D eigenvalue weighted by Crippen LogP contribution is -2.42. The summed E-state index contributed by atoms with van der Waals surface area (Å²) < 4.78 is 16.4. The monoisotopic (exact) mass is 308 g/mol. The molecule has 1 heterocycles. The highest BCUT2D eigenvalue weighted by Crippen LogP contribution is 2.35. The van der Waals surface area contributed by atoms with E-state index in [9.17, 15) is 0 Å². The maximum absolute atomic E-state index is 6.08. The lowest BCUT2D eigenvalue weighted by Gasteiger charge is -2.35. The van der Waals surface area contributed by atoms with Crippen molar-refractivity contribution < 1.29 is 14.2 Å². The summed E-state index contributed by atoms with van der Waals surface area (Å²) in [6.45, 7) is 5.01. The largest absolute Gasteiger partial charge is 0.496 e. The summed E-state index contributed by atoms with van der Waals surface area (Å²) in [4.78, 5) is 2.43. The van der Waals surface area contributed by atoms with Crippen molar-refractivity contribution in [3.05, 3.63) is 17.7 Å². The molecule has 5 heteroatoms. The molecular weight excluding hydrogens is 280 g/mol. The van der Waals surface area contributed by atoms with Gasteiger partial charge in [0.15, 0.2) is 0 Å². The van der Waals surface area contributed by atoms with E-state index < -0.39 is 0 Å². The van der Waals surface area contributed by atoms with Gasteiger partial charge in [-0.2, -0.15) is 0 Å². The number of piperidine rings is 1. The number of rotatable bonds is 6. The number of nitrogens with two attached hydrogens (primary N) is 1. The number of hydrogen-bond donors (Lipinski definition) is 1. The SMILES string of the molecule is COc1cc(OC)c(CN2CCCC(C(C)N)C2)c(OC)c1. The predicted octanol–water partition coefficient (Wildman–Crippen LogP) is 2.27. The van der Waals surface area contributed by atoms with Crippen molar-refractivity contribution in [2.75, 3.05) is 34.4 Å². The summed E-state index contributed by atoms with van der Waals surface area (Å²) in [7, 11) is 5.00. The third kappa shape index (κ3) is 3.84. The van der Waals surface area contributed by atoms with Crippen molar-refractivity contribution in [1.29, 1.82) is 0 Å². The molecule has 1 aromatic carbocycles. The molecule has 124 valence electrons. The van der Waals surface area contributed by atoms with Gasteiger partial charge in [-0.15, -0.1) is 0 Å². The zero-order chi connectivity index (χ0) is 16.1. The number of ether oxygens (including phenoxy) is 3. The summed E-state index contributed by atoms with van der Waals surface area (Å²) in [5.41, 5.74) is 7.15. The van der Waals surface area contributed by atoms with Crippen molar-refractivity contribution in [3.8, 4) is 17.2 Å². The molecule has 0 bridgehead atoms. The molecule has 1 aliphatic heterocycles. The van der Waals surface area contributed by atoms with Crippen LogP contribution in [0.3, 0.4) is 0 Å². The van der Waals surface area contributed by atoms with Gasteiger partial charge < -0.3 is 19.9 Å². The highest BCUT2D eigenvalue weighted by atomic mass is 16.5. The van der Waals surface area contributed by atoms with Gasteiger partial charge in [0.1, 0.15) is 17.2 Å². The summed E-state index contributed by atoms with van der Waals surface area (Å²) in [6, 6.07) is 4.05. The lowest BCUT2D eigenvalue weighted by atomic mass is 9.92. The molecule has 22 heavy (non-hydrogen) atoms. The highest BCUT2D eigenvalue weighted by Gasteiger charge is 2.24. The van der Waals surface area contributed by atoms with E-state index in [-0.39, 0.29) is 6.04 Å². The molecule has 0 aromatic heterocycles. The second kappa shape index (κ2) is 7.70. The van der Waals surface area contributed by atoms with Crippen LogP contribution in [-0.4, -0.2) is 45.4 Å². The van der Waals surface area contributed by atoms with Gasteiger partial charge in [0.25, 0.3) is 0 Å². The molecular formula is C17H28N2O3. The van der Waals surface area contributed by atoms with Crippen LogP contribution < -0.4 is 19.9 Å². The van der Waals surface area contributed by atoms with Gasteiger partial charge in [0, 0.05) is 31.3 Å². The fraction of sp³-hybridized carbons (Fsp3) is 0.647. The Hall–Kier alpha value is -1.46. The molecule has 0 spiro atoms. The van der Waals surface area contributed by atoms with Crippen LogP contribution in [0.2, 0.25) is 0 Å². The van der Waals surface area contributed by atoms with Gasteiger partial charge in [-0.25, -0.2) is 0 Å². The zero-order valence-corrected chi connectivity index (χ0v) is 14.1. The molecule has 2 unspecified atom stereocenters. The van der Waals surface area contributed by atoms with E-state index in [1.807, 2.05) is 12.1 Å². The first-order valence-corrected chi connectivity index (χ1v) is 7.85. The second-order valence-corrected chi connectivity index (χ2v) is 6.01. The van der Waals surface area contributed by atoms with Crippen molar-refractivity contribution in [2.45, 2.75) is 32.4 Å². The molecule has 1 fully saturated rings. The first-order valence-electron chi connectivity index (χ1n) is 7.85. The number of benzene rings is 1. The minimum absolute atomic E-state index is 0.238. The molecule has 5 nitrogen and oxygen atoms in total. The first-order chi connectivity index (χ1) is 10.6. The fourth-order valence-corrected chi connectivity index (χ4v) is 3.12. The van der Waals surface area contributed by atoms with E-state index in [1.165, 1.54) is 12.8 Å². The average molecular weight is 308 g/mol. The van der Waals surface area contributed by atoms with Crippen LogP contribution in [0, 0.1) is 5.92 Å². The number of methoxy groups -OCH3 is 3. The highest BCUT2D eigenvalue weighted by molar-refractivity contribution is 5.50. The summed E-state index contributed by atoms with van der Waals surface area (Å²) >= 11 is 0. The van der Waals surface area contributed by atoms with Gasteiger partial charge >= 0.3 is 0 Å². The molecule has 0 saturated carbocycles. The standard InChI is InChI=1S/C17H28N2O3/c1-12(18)13-6-5-7-19(10-13)11-15-16(21-3)8-14(20-2)9-17(15)22-4/h8-9,12-13H,5-7,10-11,18H2,1-4H3. The molecule has 0 amide bonds. The Morgan fingerprint density at radius 2 is 1.82 bits per heavy atom. The normalized spacial score (nSPS) is 20.5. The maximum atomic E-state index is 6.08. The van der Waals surface area contributed by atoms with Gasteiger partial charge in [-0.1, -0.05) is 0 Å². The Bertz CT molecular complexity index is 466. The van der Waals surface area contributed by atoms with Crippen LogP contribution in [0.25, 0.3) is 0 Å². The van der Waals surface area contributed by atoms with E-state index in [0.717, 1.165) is 42.4 Å². The summed E-state index contributed by atoms with van der Waals surface area (Å²) in [5, 5.41) is 0. The maximum Gasteiger partial charge on any atom is 0.130 e. The molecule has 1 aromatic rings. The number of hydrogen-bond acceptors (Lipinski definition) is 5. The van der Waals surface area contributed by atoms with E-state index >= 15 is 0 Å². The number of likely N-dealkylation sites (tertiary alicyclic amines) is 1. The Balaban J connectivity index is 2.20. The second-order valence-electron chi connectivity index (χ2n) is 6.01. The first kappa shape index (κ1) is 16.9. The van der Waals surface area contributed by atoms with Crippen LogP contribution in [0.4, 0.5) is 0 Å². The zero-order valence-electron chi connectivity index (χ0n) is 14.1. The smallest absolute Gasteiger partial charge is 0.130 e. The Morgan fingerprint density at radius 1 is 1.18 bits per heavy atom. The van der Waals surface area contributed by atoms with E-state index in [1.54, 1.807) is 21.3 Å². The molecule has 0 radical (unpaired) electrons. The Morgan fingerprint density at radius 3 is 2.32 bits per heavy atom. The average Bonchev–Trinajstić information content (AvgIpc) is 2.55. The minimum Gasteiger partial charge on any atom is -0.496 e. The summed E-state index contributed by atoms with van der Waals surface area (Å²) in [5.74, 6) is 2.91. The van der Waals surface area contributed by atoms with E-state index in [4.69, 9.17) is 19.9 Å². The molecule has 2 rings (SSSR count). The van der Waals surface area contributed by atoms with Crippen LogP contribution in [-0.2, 0) is 6.54 Å². The fourth-order valence-electron chi connectivity index (χ4n) is 3.12. The van der Waals surface area contributed by atoms with Crippen LogP contribution in [0.1, 0.15) is 25.3 Å².